The van der Waals surface area contributed by atoms with E-state index in [2.05, 4.69) is 34.2 Å². The number of carbonyl (C=O) groups is 1. The summed E-state index contributed by atoms with van der Waals surface area (Å²) in [5.74, 6) is 1.97. The lowest BCUT2D eigenvalue weighted by atomic mass is 10.0. The Kier molecular flexibility index (Phi) is 5.86. The molecule has 2 aromatic carbocycles. The number of amides is 1. The summed E-state index contributed by atoms with van der Waals surface area (Å²) in [7, 11) is 0. The van der Waals surface area contributed by atoms with Crippen LogP contribution in [0.3, 0.4) is 0 Å². The molecule has 0 spiro atoms. The summed E-state index contributed by atoms with van der Waals surface area (Å²) in [5.41, 5.74) is 1.06. The van der Waals surface area contributed by atoms with Gasteiger partial charge in [-0.15, -0.1) is 10.2 Å². The van der Waals surface area contributed by atoms with Crippen molar-refractivity contribution in [2.45, 2.75) is 39.3 Å². The monoisotopic (exact) mass is 512 g/mol. The minimum Gasteiger partial charge on any atom is -0.457 e. The second kappa shape index (κ2) is 9.37. The molecular formula is C28H25FN6O3. The predicted octanol–water partition coefficient (Wildman–Crippen LogP) is 4.28. The Bertz CT molecular complexity index is 1730. The molecule has 9 nitrogen and oxygen atoms in total. The van der Waals surface area contributed by atoms with E-state index >= 15 is 0 Å². The van der Waals surface area contributed by atoms with Gasteiger partial charge < -0.3 is 13.9 Å². The number of nitrogens with zero attached hydrogens (tertiary/aromatic N) is 5. The summed E-state index contributed by atoms with van der Waals surface area (Å²) in [6.45, 7) is 5.16. The lowest BCUT2D eigenvalue weighted by Gasteiger charge is -2.28. The molecular weight excluding hydrogens is 487 g/mol. The van der Waals surface area contributed by atoms with Gasteiger partial charge in [0.1, 0.15) is 11.6 Å². The van der Waals surface area contributed by atoms with Crippen molar-refractivity contribution in [1.82, 2.24) is 29.9 Å². The molecule has 1 aliphatic heterocycles. The first-order chi connectivity index (χ1) is 18.4. The number of carbonyl (C=O) groups excluding carboxylic acids is 1. The quantitative estimate of drug-likeness (QED) is 0.376. The number of H-pyrrole nitrogens is 1. The van der Waals surface area contributed by atoms with Crippen molar-refractivity contribution in [3.63, 3.8) is 0 Å². The number of halogens is 1. The normalized spacial score (nSPS) is 13.3. The first-order valence-electron chi connectivity index (χ1n) is 12.4. The molecule has 5 aromatic rings. The zero-order chi connectivity index (χ0) is 26.4. The molecule has 0 fully saturated rings. The second-order valence-corrected chi connectivity index (χ2v) is 9.71. The molecule has 0 bridgehead atoms. The maximum absolute atomic E-state index is 14.9. The Morgan fingerprint density at radius 2 is 1.89 bits per heavy atom. The van der Waals surface area contributed by atoms with Gasteiger partial charge in [-0.25, -0.2) is 9.49 Å². The van der Waals surface area contributed by atoms with Gasteiger partial charge in [0, 0.05) is 30.8 Å². The van der Waals surface area contributed by atoms with Crippen molar-refractivity contribution in [3.05, 3.63) is 99.2 Å². The largest absolute Gasteiger partial charge is 0.457 e. The molecule has 0 aliphatic carbocycles. The van der Waals surface area contributed by atoms with Gasteiger partial charge in [0.15, 0.2) is 17.4 Å². The van der Waals surface area contributed by atoms with Crippen molar-refractivity contribution in [2.24, 2.45) is 0 Å². The molecule has 10 heteroatoms. The van der Waals surface area contributed by atoms with Crippen LogP contribution in [0.5, 0.6) is 0 Å². The minimum absolute atomic E-state index is 0.0166. The molecule has 1 aliphatic rings. The van der Waals surface area contributed by atoms with Gasteiger partial charge in [0.25, 0.3) is 11.5 Å². The smallest absolute Gasteiger partial charge is 0.272 e. The SMILES string of the molecule is CC(C)c1ccc(-c2nnc3n2CCN(C(=O)c2cc(Cc4n[nH]c(=O)c5ccccc45)ccc2F)C3)o1. The molecule has 6 rings (SSSR count). The Balaban J connectivity index is 1.24. The fourth-order valence-electron chi connectivity index (χ4n) is 4.81. The molecule has 1 amide bonds. The van der Waals surface area contributed by atoms with Gasteiger partial charge in [0.2, 0.25) is 0 Å². The van der Waals surface area contributed by atoms with E-state index in [0.717, 1.165) is 11.1 Å². The van der Waals surface area contributed by atoms with Crippen LogP contribution in [0.1, 0.15) is 53.0 Å². The van der Waals surface area contributed by atoms with E-state index in [-0.39, 0.29) is 23.6 Å². The predicted molar refractivity (Wildman–Crippen MR) is 138 cm³/mol. The maximum atomic E-state index is 14.9. The lowest BCUT2D eigenvalue weighted by molar-refractivity contribution is 0.0703. The van der Waals surface area contributed by atoms with Crippen LogP contribution >= 0.6 is 0 Å². The third-order valence-corrected chi connectivity index (χ3v) is 6.86. The summed E-state index contributed by atoms with van der Waals surface area (Å²) < 4.78 is 22.7. The fraction of sp³-hybridized carbons (Fsp3) is 0.250. The van der Waals surface area contributed by atoms with E-state index in [1.807, 2.05) is 28.8 Å². The fourth-order valence-corrected chi connectivity index (χ4v) is 4.81. The van der Waals surface area contributed by atoms with Crippen molar-refractivity contribution in [1.29, 1.82) is 0 Å². The van der Waals surface area contributed by atoms with E-state index in [0.29, 0.717) is 53.6 Å². The average molecular weight is 513 g/mol. The Hall–Kier alpha value is -4.60. The highest BCUT2D eigenvalue weighted by Gasteiger charge is 2.28. The molecule has 3 aromatic heterocycles. The number of hydrogen-bond acceptors (Lipinski definition) is 6. The van der Waals surface area contributed by atoms with Crippen LogP contribution in [0.2, 0.25) is 0 Å². The van der Waals surface area contributed by atoms with E-state index < -0.39 is 11.7 Å². The Morgan fingerprint density at radius 3 is 2.68 bits per heavy atom. The van der Waals surface area contributed by atoms with Crippen LogP contribution in [0.25, 0.3) is 22.4 Å². The number of aromatic nitrogens is 5. The molecule has 1 N–H and O–H groups in total. The van der Waals surface area contributed by atoms with Gasteiger partial charge in [-0.05, 0) is 35.9 Å². The summed E-state index contributed by atoms with van der Waals surface area (Å²) in [6, 6.07) is 15.5. The molecule has 192 valence electrons. The number of rotatable bonds is 5. The number of hydrogen-bond donors (Lipinski definition) is 1. The Morgan fingerprint density at radius 1 is 1.08 bits per heavy atom. The summed E-state index contributed by atoms with van der Waals surface area (Å²) in [5, 5.41) is 16.5. The van der Waals surface area contributed by atoms with Crippen molar-refractivity contribution in [2.75, 3.05) is 6.54 Å². The van der Waals surface area contributed by atoms with Crippen LogP contribution < -0.4 is 5.56 Å². The van der Waals surface area contributed by atoms with E-state index in [1.165, 1.54) is 6.07 Å². The highest BCUT2D eigenvalue weighted by Crippen LogP contribution is 2.28. The third-order valence-electron chi connectivity index (χ3n) is 6.86. The molecule has 0 unspecified atom stereocenters. The van der Waals surface area contributed by atoms with Crippen LogP contribution in [0.4, 0.5) is 4.39 Å². The number of fused-ring (bicyclic) bond motifs is 2. The first kappa shape index (κ1) is 23.8. The summed E-state index contributed by atoms with van der Waals surface area (Å²) in [4.78, 5) is 27.1. The van der Waals surface area contributed by atoms with Gasteiger partial charge in [-0.3, -0.25) is 9.59 Å². The molecule has 0 atom stereocenters. The van der Waals surface area contributed by atoms with E-state index in [4.69, 9.17) is 4.42 Å². The highest BCUT2D eigenvalue weighted by atomic mass is 19.1. The molecule has 0 saturated carbocycles. The molecule has 4 heterocycles. The lowest BCUT2D eigenvalue weighted by Crippen LogP contribution is -2.39. The number of benzene rings is 2. The van der Waals surface area contributed by atoms with Gasteiger partial charge >= 0.3 is 0 Å². The van der Waals surface area contributed by atoms with Crippen LogP contribution in [0.15, 0.2) is 63.8 Å². The van der Waals surface area contributed by atoms with Crippen LogP contribution in [0, 0.1) is 5.82 Å². The summed E-state index contributed by atoms with van der Waals surface area (Å²) in [6.07, 6.45) is 0.330. The van der Waals surface area contributed by atoms with Crippen LogP contribution in [-0.2, 0) is 19.5 Å². The standard InChI is InChI=1S/C28H25FN6O3/c1-16(2)23-9-10-24(38-23)26-32-31-25-15-34(11-12-35(25)26)28(37)20-13-17(7-8-21(20)29)14-22-18-5-3-4-6-19(18)27(36)33-30-22/h3-10,13,16H,11-12,14-15H2,1-2H3,(H,33,36). The van der Waals surface area contributed by atoms with Crippen molar-refractivity contribution in [3.8, 4) is 11.6 Å². The van der Waals surface area contributed by atoms with Crippen molar-refractivity contribution < 1.29 is 13.6 Å². The van der Waals surface area contributed by atoms with Crippen LogP contribution in [-0.4, -0.2) is 42.3 Å². The zero-order valence-electron chi connectivity index (χ0n) is 20.9. The molecule has 38 heavy (non-hydrogen) atoms. The zero-order valence-corrected chi connectivity index (χ0v) is 20.9. The molecule has 0 saturated heterocycles. The van der Waals surface area contributed by atoms with Gasteiger partial charge in [0.05, 0.1) is 23.2 Å². The second-order valence-electron chi connectivity index (χ2n) is 9.71. The highest BCUT2D eigenvalue weighted by molar-refractivity contribution is 5.94. The first-order valence-corrected chi connectivity index (χ1v) is 12.4. The minimum atomic E-state index is -0.595. The van der Waals surface area contributed by atoms with E-state index in [9.17, 15) is 14.0 Å². The van der Waals surface area contributed by atoms with Crippen molar-refractivity contribution >= 4 is 16.7 Å². The Labute approximate surface area is 216 Å². The molecule has 0 radical (unpaired) electrons. The number of furan rings is 1. The van der Waals surface area contributed by atoms with E-state index in [1.54, 1.807) is 29.2 Å². The number of nitrogens with one attached hydrogen (secondary N) is 1. The average Bonchev–Trinajstić information content (AvgIpc) is 3.58. The number of aromatic amines is 1. The maximum Gasteiger partial charge on any atom is 0.272 e. The summed E-state index contributed by atoms with van der Waals surface area (Å²) >= 11 is 0. The third kappa shape index (κ3) is 4.17. The topological polar surface area (TPSA) is 110 Å². The van der Waals surface area contributed by atoms with Gasteiger partial charge in [-0.1, -0.05) is 38.1 Å². The van der Waals surface area contributed by atoms with Gasteiger partial charge in [-0.2, -0.15) is 5.10 Å².